The first kappa shape index (κ1) is 11.8. The molecule has 0 radical (unpaired) electrons. The van der Waals surface area contributed by atoms with Gasteiger partial charge in [-0.25, -0.2) is 0 Å². The molecule has 2 heterocycles. The minimum atomic E-state index is 0.0300. The number of hydrogen-bond acceptors (Lipinski definition) is 3. The van der Waals surface area contributed by atoms with Gasteiger partial charge < -0.3 is 15.4 Å². The van der Waals surface area contributed by atoms with Crippen LogP contribution >= 0.6 is 11.6 Å². The van der Waals surface area contributed by atoms with Gasteiger partial charge in [0.1, 0.15) is 0 Å². The van der Waals surface area contributed by atoms with Gasteiger partial charge in [-0.2, -0.15) is 0 Å². The molecule has 0 bridgehead atoms. The lowest BCUT2D eigenvalue weighted by atomic mass is 10.1. The quantitative estimate of drug-likeness (QED) is 0.883. The van der Waals surface area contributed by atoms with Crippen LogP contribution in [0.25, 0.3) is 0 Å². The van der Waals surface area contributed by atoms with E-state index < -0.39 is 0 Å². The van der Waals surface area contributed by atoms with Gasteiger partial charge in [0.05, 0.1) is 23.7 Å². The number of rotatable bonds is 3. The van der Waals surface area contributed by atoms with Crippen LogP contribution in [0.2, 0.25) is 5.02 Å². The second kappa shape index (κ2) is 4.78. The van der Waals surface area contributed by atoms with Gasteiger partial charge >= 0.3 is 0 Å². The van der Waals surface area contributed by atoms with E-state index in [1.807, 2.05) is 12.1 Å². The van der Waals surface area contributed by atoms with Crippen LogP contribution in [0, 0.1) is 5.92 Å². The maximum atomic E-state index is 11.3. The molecule has 0 saturated carbocycles. The van der Waals surface area contributed by atoms with E-state index in [1.165, 1.54) is 0 Å². The van der Waals surface area contributed by atoms with Gasteiger partial charge in [0.15, 0.2) is 0 Å². The van der Waals surface area contributed by atoms with Gasteiger partial charge in [0, 0.05) is 24.8 Å². The fraction of sp³-hybridized carbons (Fsp3) is 0.462. The highest BCUT2D eigenvalue weighted by molar-refractivity contribution is 6.33. The minimum Gasteiger partial charge on any atom is -0.383 e. The predicted octanol–water partition coefficient (Wildman–Crippen LogP) is 2.28. The Labute approximate surface area is 111 Å². The molecule has 0 aliphatic carbocycles. The molecule has 1 fully saturated rings. The van der Waals surface area contributed by atoms with Crippen LogP contribution in [0.4, 0.5) is 11.4 Å². The van der Waals surface area contributed by atoms with Crippen molar-refractivity contribution in [1.29, 1.82) is 0 Å². The van der Waals surface area contributed by atoms with Crippen molar-refractivity contribution in [1.82, 2.24) is 0 Å². The molecule has 96 valence electrons. The number of ether oxygens (including phenoxy) is 1. The number of halogens is 1. The number of carbonyl (C=O) groups excluding carboxylic acids is 1. The third-order valence-corrected chi connectivity index (χ3v) is 3.74. The highest BCUT2D eigenvalue weighted by Crippen LogP contribution is 2.33. The Morgan fingerprint density at radius 1 is 1.50 bits per heavy atom. The van der Waals surface area contributed by atoms with Crippen molar-refractivity contribution in [3.63, 3.8) is 0 Å². The van der Waals surface area contributed by atoms with E-state index >= 15 is 0 Å². The summed E-state index contributed by atoms with van der Waals surface area (Å²) in [5, 5.41) is 6.79. The standard InChI is InChI=1S/C13H15ClN2O2/c14-10-5-11-9(4-13(17)16-11)3-12(10)15-6-8-1-2-18-7-8/h3,5,8,15H,1-2,4,6-7H2,(H,16,17). The molecule has 1 unspecified atom stereocenters. The Bertz CT molecular complexity index is 484. The van der Waals surface area contributed by atoms with Gasteiger partial charge in [0.25, 0.3) is 0 Å². The highest BCUT2D eigenvalue weighted by atomic mass is 35.5. The third-order valence-electron chi connectivity index (χ3n) is 3.42. The second-order valence-electron chi connectivity index (χ2n) is 4.82. The zero-order valence-corrected chi connectivity index (χ0v) is 10.7. The molecule has 0 aromatic heterocycles. The molecule has 2 N–H and O–H groups in total. The van der Waals surface area contributed by atoms with Gasteiger partial charge in [-0.15, -0.1) is 0 Å². The average Bonchev–Trinajstić information content (AvgIpc) is 2.94. The van der Waals surface area contributed by atoms with Gasteiger partial charge in [-0.3, -0.25) is 4.79 Å². The van der Waals surface area contributed by atoms with Crippen molar-refractivity contribution in [3.05, 3.63) is 22.7 Å². The minimum absolute atomic E-state index is 0.0300. The number of carbonyl (C=O) groups is 1. The molecule has 4 nitrogen and oxygen atoms in total. The summed E-state index contributed by atoms with van der Waals surface area (Å²) in [5.74, 6) is 0.580. The average molecular weight is 267 g/mol. The molecule has 1 saturated heterocycles. The van der Waals surface area contributed by atoms with Crippen molar-refractivity contribution in [2.45, 2.75) is 12.8 Å². The first-order chi connectivity index (χ1) is 8.72. The lowest BCUT2D eigenvalue weighted by Crippen LogP contribution is -2.14. The summed E-state index contributed by atoms with van der Waals surface area (Å²) < 4.78 is 5.34. The Hall–Kier alpha value is -1.26. The van der Waals surface area contributed by atoms with E-state index in [0.29, 0.717) is 17.4 Å². The Kier molecular flexibility index (Phi) is 3.14. The van der Waals surface area contributed by atoms with Crippen LogP contribution < -0.4 is 10.6 Å². The third kappa shape index (κ3) is 2.31. The topological polar surface area (TPSA) is 50.4 Å². The number of hydrogen-bond donors (Lipinski definition) is 2. The first-order valence-electron chi connectivity index (χ1n) is 6.16. The Morgan fingerprint density at radius 2 is 2.39 bits per heavy atom. The molecule has 2 aliphatic rings. The lowest BCUT2D eigenvalue weighted by Gasteiger charge is -2.13. The van der Waals surface area contributed by atoms with Crippen LogP contribution in [-0.2, 0) is 16.0 Å². The van der Waals surface area contributed by atoms with Gasteiger partial charge in [0.2, 0.25) is 5.91 Å². The normalized spacial score (nSPS) is 21.8. The molecular formula is C13H15ClN2O2. The molecule has 1 aromatic rings. The van der Waals surface area contributed by atoms with Crippen molar-refractivity contribution in [2.24, 2.45) is 5.92 Å². The summed E-state index contributed by atoms with van der Waals surface area (Å²) in [6, 6.07) is 3.78. The fourth-order valence-electron chi connectivity index (χ4n) is 2.38. The molecule has 1 aromatic carbocycles. The van der Waals surface area contributed by atoms with Crippen LogP contribution in [0.15, 0.2) is 12.1 Å². The highest BCUT2D eigenvalue weighted by Gasteiger charge is 2.20. The molecule has 5 heteroatoms. The number of amides is 1. The van der Waals surface area contributed by atoms with Crippen LogP contribution in [0.3, 0.4) is 0 Å². The monoisotopic (exact) mass is 266 g/mol. The molecule has 1 atom stereocenters. The summed E-state index contributed by atoms with van der Waals surface area (Å²) in [6.07, 6.45) is 1.53. The Morgan fingerprint density at radius 3 is 3.17 bits per heavy atom. The fourth-order valence-corrected chi connectivity index (χ4v) is 2.61. The second-order valence-corrected chi connectivity index (χ2v) is 5.23. The largest absolute Gasteiger partial charge is 0.383 e. The van der Waals surface area contributed by atoms with Gasteiger partial charge in [-0.05, 0) is 24.1 Å². The van der Waals surface area contributed by atoms with E-state index in [-0.39, 0.29) is 5.91 Å². The van der Waals surface area contributed by atoms with Crippen molar-refractivity contribution in [3.8, 4) is 0 Å². The maximum absolute atomic E-state index is 11.3. The molecule has 3 rings (SSSR count). The summed E-state index contributed by atoms with van der Waals surface area (Å²) >= 11 is 6.20. The lowest BCUT2D eigenvalue weighted by molar-refractivity contribution is -0.115. The van der Waals surface area contributed by atoms with Crippen LogP contribution in [0.1, 0.15) is 12.0 Å². The van der Waals surface area contributed by atoms with Crippen LogP contribution in [0.5, 0.6) is 0 Å². The zero-order valence-electron chi connectivity index (χ0n) is 9.96. The molecule has 2 aliphatic heterocycles. The van der Waals surface area contributed by atoms with Crippen molar-refractivity contribution < 1.29 is 9.53 Å². The summed E-state index contributed by atoms with van der Waals surface area (Å²) in [6.45, 7) is 2.53. The summed E-state index contributed by atoms with van der Waals surface area (Å²) in [5.41, 5.74) is 2.74. The number of nitrogens with one attached hydrogen (secondary N) is 2. The SMILES string of the molecule is O=C1Cc2cc(NCC3CCOC3)c(Cl)cc2N1. The van der Waals surface area contributed by atoms with Crippen LogP contribution in [-0.4, -0.2) is 25.7 Å². The number of anilines is 2. The first-order valence-corrected chi connectivity index (χ1v) is 6.54. The zero-order chi connectivity index (χ0) is 12.5. The number of benzene rings is 1. The molecular weight excluding hydrogens is 252 g/mol. The van der Waals surface area contributed by atoms with Crippen molar-refractivity contribution in [2.75, 3.05) is 30.4 Å². The van der Waals surface area contributed by atoms with Gasteiger partial charge in [-0.1, -0.05) is 11.6 Å². The van der Waals surface area contributed by atoms with E-state index in [2.05, 4.69) is 10.6 Å². The summed E-state index contributed by atoms with van der Waals surface area (Å²) in [7, 11) is 0. The predicted molar refractivity (Wildman–Crippen MR) is 71.2 cm³/mol. The molecule has 0 spiro atoms. The Balaban J connectivity index is 1.72. The maximum Gasteiger partial charge on any atom is 0.228 e. The van der Waals surface area contributed by atoms with E-state index in [9.17, 15) is 4.79 Å². The molecule has 1 amide bonds. The number of fused-ring (bicyclic) bond motifs is 1. The summed E-state index contributed by atoms with van der Waals surface area (Å²) in [4.78, 5) is 11.3. The van der Waals surface area contributed by atoms with E-state index in [1.54, 1.807) is 0 Å². The van der Waals surface area contributed by atoms with E-state index in [4.69, 9.17) is 16.3 Å². The molecule has 18 heavy (non-hydrogen) atoms. The van der Waals surface area contributed by atoms with E-state index in [0.717, 1.165) is 43.1 Å². The smallest absolute Gasteiger partial charge is 0.228 e. The van der Waals surface area contributed by atoms with Crippen molar-refractivity contribution >= 4 is 28.9 Å².